The standard InChI is InChI=1S/C22H25NO3/c1-21(2,3)26-20(24)22(16-17-10-6-4-7-11-17)14-15-25-19(23-22)18-12-8-5-9-13-18/h4-13H,14-16H2,1-3H3. The second kappa shape index (κ2) is 7.32. The monoisotopic (exact) mass is 351 g/mol. The first-order chi connectivity index (χ1) is 12.4. The van der Waals surface area contributed by atoms with Gasteiger partial charge in [0.25, 0.3) is 0 Å². The van der Waals surface area contributed by atoms with E-state index in [1.807, 2.05) is 81.4 Å². The molecule has 0 amide bonds. The van der Waals surface area contributed by atoms with E-state index in [1.165, 1.54) is 0 Å². The van der Waals surface area contributed by atoms with Crippen molar-refractivity contribution in [3.63, 3.8) is 0 Å². The number of rotatable bonds is 4. The highest BCUT2D eigenvalue weighted by molar-refractivity contribution is 5.97. The van der Waals surface area contributed by atoms with Gasteiger partial charge in [0.2, 0.25) is 5.90 Å². The van der Waals surface area contributed by atoms with Crippen LogP contribution >= 0.6 is 0 Å². The Morgan fingerprint density at radius 1 is 1.08 bits per heavy atom. The lowest BCUT2D eigenvalue weighted by Crippen LogP contribution is -2.47. The summed E-state index contributed by atoms with van der Waals surface area (Å²) < 4.78 is 11.5. The average molecular weight is 351 g/mol. The van der Waals surface area contributed by atoms with Gasteiger partial charge in [0, 0.05) is 18.4 Å². The highest BCUT2D eigenvalue weighted by Crippen LogP contribution is 2.30. The van der Waals surface area contributed by atoms with Crippen LogP contribution in [0.4, 0.5) is 0 Å². The van der Waals surface area contributed by atoms with Gasteiger partial charge in [0.1, 0.15) is 5.60 Å². The van der Waals surface area contributed by atoms with Gasteiger partial charge in [-0.05, 0) is 38.5 Å². The average Bonchev–Trinajstić information content (AvgIpc) is 2.62. The molecule has 1 aliphatic heterocycles. The van der Waals surface area contributed by atoms with Crippen LogP contribution in [-0.4, -0.2) is 29.6 Å². The Labute approximate surface area is 154 Å². The molecule has 2 aromatic rings. The lowest BCUT2D eigenvalue weighted by molar-refractivity contribution is -0.162. The van der Waals surface area contributed by atoms with Crippen molar-refractivity contribution in [3.05, 3.63) is 71.8 Å². The van der Waals surface area contributed by atoms with Gasteiger partial charge in [-0.3, -0.25) is 0 Å². The molecule has 0 aliphatic carbocycles. The molecule has 0 aromatic heterocycles. The third kappa shape index (κ3) is 4.31. The van der Waals surface area contributed by atoms with Crippen molar-refractivity contribution >= 4 is 11.9 Å². The summed E-state index contributed by atoms with van der Waals surface area (Å²) in [6, 6.07) is 19.6. The maximum Gasteiger partial charge on any atom is 0.335 e. The SMILES string of the molecule is CC(C)(C)OC(=O)C1(Cc2ccccc2)CCOC(c2ccccc2)=N1. The Morgan fingerprint density at radius 2 is 1.69 bits per heavy atom. The number of aliphatic imine (C=N–C) groups is 1. The molecule has 0 saturated carbocycles. The lowest BCUT2D eigenvalue weighted by Gasteiger charge is -2.34. The second-order valence-electron chi connectivity index (χ2n) is 7.58. The Bertz CT molecular complexity index is 778. The molecule has 26 heavy (non-hydrogen) atoms. The molecule has 3 rings (SSSR count). The number of ether oxygens (including phenoxy) is 2. The van der Waals surface area contributed by atoms with E-state index in [9.17, 15) is 4.79 Å². The molecule has 1 aliphatic rings. The second-order valence-corrected chi connectivity index (χ2v) is 7.58. The van der Waals surface area contributed by atoms with Gasteiger partial charge in [0.15, 0.2) is 5.54 Å². The number of esters is 1. The first kappa shape index (κ1) is 18.2. The minimum atomic E-state index is -0.974. The van der Waals surface area contributed by atoms with Crippen LogP contribution in [0.15, 0.2) is 65.7 Å². The summed E-state index contributed by atoms with van der Waals surface area (Å²) in [5, 5.41) is 0. The summed E-state index contributed by atoms with van der Waals surface area (Å²) in [5.41, 5.74) is 0.379. The zero-order valence-corrected chi connectivity index (χ0v) is 15.6. The van der Waals surface area contributed by atoms with Gasteiger partial charge in [-0.2, -0.15) is 0 Å². The van der Waals surface area contributed by atoms with Crippen LogP contribution < -0.4 is 0 Å². The van der Waals surface area contributed by atoms with Crippen LogP contribution in [-0.2, 0) is 20.7 Å². The smallest absolute Gasteiger partial charge is 0.335 e. The van der Waals surface area contributed by atoms with Gasteiger partial charge < -0.3 is 9.47 Å². The zero-order chi connectivity index (χ0) is 18.6. The van der Waals surface area contributed by atoms with Crippen LogP contribution in [0.25, 0.3) is 0 Å². The van der Waals surface area contributed by atoms with Crippen molar-refractivity contribution < 1.29 is 14.3 Å². The number of carbonyl (C=O) groups excluding carboxylic acids is 1. The molecule has 0 N–H and O–H groups in total. The van der Waals surface area contributed by atoms with E-state index < -0.39 is 11.1 Å². The predicted octanol–water partition coefficient (Wildman–Crippen LogP) is 4.18. The van der Waals surface area contributed by atoms with Crippen LogP contribution in [0, 0.1) is 0 Å². The van der Waals surface area contributed by atoms with E-state index in [0.29, 0.717) is 25.3 Å². The Balaban J connectivity index is 2.01. The van der Waals surface area contributed by atoms with E-state index in [2.05, 4.69) is 0 Å². The summed E-state index contributed by atoms with van der Waals surface area (Å²) >= 11 is 0. The van der Waals surface area contributed by atoms with Gasteiger partial charge in [-0.1, -0.05) is 48.5 Å². The van der Waals surface area contributed by atoms with Crippen molar-refractivity contribution in [3.8, 4) is 0 Å². The molecular weight excluding hydrogens is 326 g/mol. The number of carbonyl (C=O) groups is 1. The largest absolute Gasteiger partial charge is 0.477 e. The minimum Gasteiger partial charge on any atom is -0.477 e. The summed E-state index contributed by atoms with van der Waals surface area (Å²) in [6.07, 6.45) is 0.982. The molecule has 1 atom stereocenters. The van der Waals surface area contributed by atoms with Gasteiger partial charge in [0.05, 0.1) is 6.61 Å². The van der Waals surface area contributed by atoms with Gasteiger partial charge in [-0.15, -0.1) is 0 Å². The molecule has 1 unspecified atom stereocenters. The molecule has 2 aromatic carbocycles. The summed E-state index contributed by atoms with van der Waals surface area (Å²) in [6.45, 7) is 6.06. The third-order valence-corrected chi connectivity index (χ3v) is 4.21. The molecule has 4 heteroatoms. The molecule has 136 valence electrons. The molecule has 1 heterocycles. The van der Waals surface area contributed by atoms with Crippen LogP contribution in [0.2, 0.25) is 0 Å². The van der Waals surface area contributed by atoms with E-state index in [0.717, 1.165) is 11.1 Å². The van der Waals surface area contributed by atoms with Crippen molar-refractivity contribution in [2.45, 2.75) is 44.8 Å². The number of nitrogens with zero attached hydrogens (tertiary/aromatic N) is 1. The Kier molecular flexibility index (Phi) is 5.12. The van der Waals surface area contributed by atoms with Crippen LogP contribution in [0.1, 0.15) is 38.3 Å². The van der Waals surface area contributed by atoms with Crippen molar-refractivity contribution in [2.24, 2.45) is 4.99 Å². The molecule has 0 spiro atoms. The maximum absolute atomic E-state index is 13.1. The predicted molar refractivity (Wildman–Crippen MR) is 102 cm³/mol. The highest BCUT2D eigenvalue weighted by Gasteiger charge is 2.44. The number of hydrogen-bond donors (Lipinski definition) is 0. The van der Waals surface area contributed by atoms with E-state index >= 15 is 0 Å². The fraction of sp³-hybridized carbons (Fsp3) is 0.364. The fourth-order valence-electron chi connectivity index (χ4n) is 2.98. The van der Waals surface area contributed by atoms with Crippen molar-refractivity contribution in [1.29, 1.82) is 0 Å². The molecule has 0 fully saturated rings. The third-order valence-electron chi connectivity index (χ3n) is 4.21. The van der Waals surface area contributed by atoms with Crippen LogP contribution in [0.5, 0.6) is 0 Å². The van der Waals surface area contributed by atoms with Gasteiger partial charge >= 0.3 is 5.97 Å². The Morgan fingerprint density at radius 3 is 2.31 bits per heavy atom. The summed E-state index contributed by atoms with van der Waals surface area (Å²) in [4.78, 5) is 17.9. The molecule has 0 radical (unpaired) electrons. The summed E-state index contributed by atoms with van der Waals surface area (Å²) in [7, 11) is 0. The molecular formula is C22H25NO3. The van der Waals surface area contributed by atoms with E-state index in [-0.39, 0.29) is 5.97 Å². The summed E-state index contributed by atoms with van der Waals surface area (Å²) in [5.74, 6) is 0.198. The van der Waals surface area contributed by atoms with Crippen molar-refractivity contribution in [2.75, 3.05) is 6.61 Å². The van der Waals surface area contributed by atoms with Crippen LogP contribution in [0.3, 0.4) is 0 Å². The Hall–Kier alpha value is -2.62. The lowest BCUT2D eigenvalue weighted by atomic mass is 9.87. The van der Waals surface area contributed by atoms with E-state index in [1.54, 1.807) is 0 Å². The highest BCUT2D eigenvalue weighted by atomic mass is 16.6. The number of benzene rings is 2. The minimum absolute atomic E-state index is 0.300. The van der Waals surface area contributed by atoms with Gasteiger partial charge in [-0.25, -0.2) is 9.79 Å². The maximum atomic E-state index is 13.1. The number of hydrogen-bond acceptors (Lipinski definition) is 4. The van der Waals surface area contributed by atoms with Crippen molar-refractivity contribution in [1.82, 2.24) is 0 Å². The normalized spacial score (nSPS) is 20.0. The quantitative estimate of drug-likeness (QED) is 0.777. The topological polar surface area (TPSA) is 47.9 Å². The molecule has 0 saturated heterocycles. The van der Waals surface area contributed by atoms with E-state index in [4.69, 9.17) is 14.5 Å². The first-order valence-corrected chi connectivity index (χ1v) is 8.93. The zero-order valence-electron chi connectivity index (χ0n) is 15.6. The first-order valence-electron chi connectivity index (χ1n) is 8.93. The fourth-order valence-corrected chi connectivity index (χ4v) is 2.98. The molecule has 0 bridgehead atoms. The molecule has 4 nitrogen and oxygen atoms in total.